The minimum atomic E-state index is 0.427. The first-order valence-electron chi connectivity index (χ1n) is 1.98. The third-order valence-corrected chi connectivity index (χ3v) is 0.629. The molecule has 0 saturated heterocycles. The van der Waals surface area contributed by atoms with Crippen LogP contribution in [0.25, 0.3) is 0 Å². The molecule has 3 heteroatoms. The van der Waals surface area contributed by atoms with E-state index < -0.39 is 0 Å². The lowest BCUT2D eigenvalue weighted by atomic mass is 10.6. The van der Waals surface area contributed by atoms with E-state index in [0.717, 1.165) is 0 Å². The molecule has 0 aromatic carbocycles. The summed E-state index contributed by atoms with van der Waals surface area (Å²) in [7, 11) is 0. The second-order valence-electron chi connectivity index (χ2n) is 1.22. The third-order valence-electron chi connectivity index (χ3n) is 0.629. The highest BCUT2D eigenvalue weighted by Crippen LogP contribution is 1.86. The molecule has 0 unspecified atom stereocenters. The molecule has 3 nitrogen and oxygen atoms in total. The molecule has 0 spiro atoms. The van der Waals surface area contributed by atoms with Gasteiger partial charge in [-0.05, 0) is 0 Å². The molecule has 38 valence electrons. The van der Waals surface area contributed by atoms with E-state index in [1.807, 2.05) is 0 Å². The van der Waals surface area contributed by atoms with Gasteiger partial charge in [0, 0.05) is 0 Å². The first kappa shape index (κ1) is 4.18. The fourth-order valence-electron chi connectivity index (χ4n) is 0.340. The van der Waals surface area contributed by atoms with Crippen molar-refractivity contribution in [1.82, 2.24) is 0 Å². The Hall–Kier alpha value is -0.990. The molecule has 0 bridgehead atoms. The molecule has 1 heterocycles. The minimum absolute atomic E-state index is 0.427. The zero-order chi connectivity index (χ0) is 5.11. The summed E-state index contributed by atoms with van der Waals surface area (Å²) < 4.78 is 4.75. The van der Waals surface area contributed by atoms with E-state index in [1.54, 1.807) is 0 Å². The molecule has 0 amide bonds. The van der Waals surface area contributed by atoms with Crippen LogP contribution in [0.2, 0.25) is 0 Å². The summed E-state index contributed by atoms with van der Waals surface area (Å²) >= 11 is 0. The lowest BCUT2D eigenvalue weighted by Crippen LogP contribution is -2.18. The van der Waals surface area contributed by atoms with E-state index in [9.17, 15) is 0 Å². The number of ether oxygens (including phenoxy) is 1. The summed E-state index contributed by atoms with van der Waals surface area (Å²) in [5.41, 5.74) is 5.21. The van der Waals surface area contributed by atoms with Crippen molar-refractivity contribution in [3.05, 3.63) is 12.5 Å². The van der Waals surface area contributed by atoms with Crippen molar-refractivity contribution < 1.29 is 4.74 Å². The summed E-state index contributed by atoms with van der Waals surface area (Å²) in [5.74, 6) is 0.530. The summed E-state index contributed by atoms with van der Waals surface area (Å²) in [6, 6.07) is 0. The van der Waals surface area contributed by atoms with E-state index in [0.29, 0.717) is 12.4 Å². The molecule has 0 aliphatic carbocycles. The van der Waals surface area contributed by atoms with Gasteiger partial charge < -0.3 is 10.5 Å². The number of nitrogens with zero attached hydrogens (tertiary/aromatic N) is 1. The van der Waals surface area contributed by atoms with Crippen molar-refractivity contribution >= 4 is 5.84 Å². The van der Waals surface area contributed by atoms with Crippen molar-refractivity contribution in [2.24, 2.45) is 10.7 Å². The van der Waals surface area contributed by atoms with Crippen LogP contribution in [0.3, 0.4) is 0 Å². The first-order valence-corrected chi connectivity index (χ1v) is 1.98. The second kappa shape index (κ2) is 1.64. The SMILES string of the molecule is NC1=NC=COC1. The van der Waals surface area contributed by atoms with Crippen molar-refractivity contribution in [2.45, 2.75) is 0 Å². The molecule has 7 heavy (non-hydrogen) atoms. The van der Waals surface area contributed by atoms with E-state index >= 15 is 0 Å². The fraction of sp³-hybridized carbons (Fsp3) is 0.250. The van der Waals surface area contributed by atoms with Crippen LogP contribution in [0, 0.1) is 0 Å². The summed E-state index contributed by atoms with van der Waals surface area (Å²) in [4.78, 5) is 3.72. The Morgan fingerprint density at radius 1 is 1.86 bits per heavy atom. The molecular formula is C4H6N2O. The maximum Gasteiger partial charge on any atom is 0.144 e. The number of hydrogen-bond acceptors (Lipinski definition) is 3. The molecule has 0 fully saturated rings. The van der Waals surface area contributed by atoms with E-state index in [-0.39, 0.29) is 0 Å². The molecular weight excluding hydrogens is 92.1 g/mol. The van der Waals surface area contributed by atoms with Gasteiger partial charge in [-0.1, -0.05) is 0 Å². The van der Waals surface area contributed by atoms with Crippen molar-refractivity contribution in [3.8, 4) is 0 Å². The molecule has 0 aromatic heterocycles. The van der Waals surface area contributed by atoms with Crippen LogP contribution in [0.1, 0.15) is 0 Å². The molecule has 2 N–H and O–H groups in total. The average Bonchev–Trinajstić information content (AvgIpc) is 1.69. The Balaban J connectivity index is 2.57. The molecule has 0 atom stereocenters. The predicted octanol–water partition coefficient (Wildman–Crippen LogP) is -0.155. The van der Waals surface area contributed by atoms with Crippen LogP contribution in [0.4, 0.5) is 0 Å². The highest BCUT2D eigenvalue weighted by molar-refractivity contribution is 5.82. The maximum absolute atomic E-state index is 5.21. The number of amidine groups is 1. The molecule has 1 aliphatic heterocycles. The second-order valence-corrected chi connectivity index (χ2v) is 1.22. The lowest BCUT2D eigenvalue weighted by Gasteiger charge is -2.01. The fourth-order valence-corrected chi connectivity index (χ4v) is 0.340. The van der Waals surface area contributed by atoms with Crippen molar-refractivity contribution in [1.29, 1.82) is 0 Å². The first-order chi connectivity index (χ1) is 3.39. The van der Waals surface area contributed by atoms with Crippen LogP contribution >= 0.6 is 0 Å². The Labute approximate surface area is 41.5 Å². The van der Waals surface area contributed by atoms with Gasteiger partial charge in [-0.25, -0.2) is 4.99 Å². The topological polar surface area (TPSA) is 47.6 Å². The molecule has 0 radical (unpaired) electrons. The highest BCUT2D eigenvalue weighted by Gasteiger charge is 1.90. The number of aliphatic imine (C=N–C) groups is 1. The maximum atomic E-state index is 5.21. The van der Waals surface area contributed by atoms with Crippen molar-refractivity contribution in [2.75, 3.05) is 6.61 Å². The zero-order valence-electron chi connectivity index (χ0n) is 3.79. The average molecular weight is 98.1 g/mol. The Morgan fingerprint density at radius 2 is 2.71 bits per heavy atom. The van der Waals surface area contributed by atoms with Gasteiger partial charge in [-0.2, -0.15) is 0 Å². The molecule has 1 aliphatic rings. The van der Waals surface area contributed by atoms with Gasteiger partial charge >= 0.3 is 0 Å². The molecule has 0 saturated carbocycles. The van der Waals surface area contributed by atoms with Crippen LogP contribution in [-0.2, 0) is 4.74 Å². The standard InChI is InChI=1S/C4H6N2O/c5-4-3-7-2-1-6-4/h1-2H,3H2,(H2,5,6). The van der Waals surface area contributed by atoms with E-state index in [2.05, 4.69) is 4.99 Å². The van der Waals surface area contributed by atoms with Gasteiger partial charge in [-0.3, -0.25) is 0 Å². The summed E-state index contributed by atoms with van der Waals surface area (Å²) in [5, 5.41) is 0. The Kier molecular flexibility index (Phi) is 0.978. The molecule has 0 aromatic rings. The largest absolute Gasteiger partial charge is 0.492 e. The Morgan fingerprint density at radius 3 is 3.00 bits per heavy atom. The summed E-state index contributed by atoms with van der Waals surface area (Å²) in [6.07, 6.45) is 3.04. The van der Waals surface area contributed by atoms with Crippen LogP contribution in [0.15, 0.2) is 17.5 Å². The third kappa shape index (κ3) is 0.924. The van der Waals surface area contributed by atoms with Gasteiger partial charge in [0.05, 0.1) is 6.20 Å². The summed E-state index contributed by atoms with van der Waals surface area (Å²) in [6.45, 7) is 0.427. The van der Waals surface area contributed by atoms with Gasteiger partial charge in [0.15, 0.2) is 0 Å². The van der Waals surface area contributed by atoms with Gasteiger partial charge in [-0.15, -0.1) is 0 Å². The molecule has 1 rings (SSSR count). The highest BCUT2D eigenvalue weighted by atomic mass is 16.5. The number of rotatable bonds is 0. The van der Waals surface area contributed by atoms with Gasteiger partial charge in [0.1, 0.15) is 18.7 Å². The van der Waals surface area contributed by atoms with Gasteiger partial charge in [0.2, 0.25) is 0 Å². The van der Waals surface area contributed by atoms with E-state index in [4.69, 9.17) is 10.5 Å². The predicted molar refractivity (Wildman–Crippen MR) is 26.7 cm³/mol. The monoisotopic (exact) mass is 98.0 g/mol. The smallest absolute Gasteiger partial charge is 0.144 e. The quantitative estimate of drug-likeness (QED) is 0.457. The number of nitrogens with two attached hydrogens (primary N) is 1. The minimum Gasteiger partial charge on any atom is -0.492 e. The van der Waals surface area contributed by atoms with Gasteiger partial charge in [0.25, 0.3) is 0 Å². The van der Waals surface area contributed by atoms with E-state index in [1.165, 1.54) is 12.5 Å². The lowest BCUT2D eigenvalue weighted by molar-refractivity contribution is 0.295. The Bertz CT molecular complexity index is 117. The number of hydrogen-bond donors (Lipinski definition) is 1. The van der Waals surface area contributed by atoms with Crippen LogP contribution < -0.4 is 5.73 Å². The van der Waals surface area contributed by atoms with Crippen LogP contribution in [0.5, 0.6) is 0 Å². The van der Waals surface area contributed by atoms with Crippen molar-refractivity contribution in [3.63, 3.8) is 0 Å². The normalized spacial score (nSPS) is 18.0. The van der Waals surface area contributed by atoms with Crippen LogP contribution in [-0.4, -0.2) is 12.4 Å². The zero-order valence-corrected chi connectivity index (χ0v) is 3.79.